The Morgan fingerprint density at radius 3 is 2.69 bits per heavy atom. The van der Waals surface area contributed by atoms with Gasteiger partial charge in [-0.15, -0.1) is 0 Å². The van der Waals surface area contributed by atoms with Gasteiger partial charge in [0.1, 0.15) is 5.78 Å². The number of fused-ring (bicyclic) bond motifs is 2. The van der Waals surface area contributed by atoms with Crippen LogP contribution in [0.15, 0.2) is 0 Å². The second-order valence-corrected chi connectivity index (χ2v) is 4.93. The molecule has 2 heterocycles. The van der Waals surface area contributed by atoms with Gasteiger partial charge in [0.25, 0.3) is 0 Å². The van der Waals surface area contributed by atoms with Crippen LogP contribution in [-0.2, 0) is 4.79 Å². The molecule has 1 saturated carbocycles. The molecule has 2 heteroatoms. The summed E-state index contributed by atoms with van der Waals surface area (Å²) in [6.45, 7) is 0. The van der Waals surface area contributed by atoms with Crippen LogP contribution in [0.2, 0.25) is 0 Å². The van der Waals surface area contributed by atoms with Crippen molar-refractivity contribution in [2.45, 2.75) is 50.6 Å². The maximum atomic E-state index is 11.8. The van der Waals surface area contributed by atoms with Crippen LogP contribution in [0.1, 0.15) is 38.5 Å². The van der Waals surface area contributed by atoms with E-state index in [9.17, 15) is 4.79 Å². The van der Waals surface area contributed by atoms with Crippen LogP contribution in [0.4, 0.5) is 0 Å². The monoisotopic (exact) mass is 179 g/mol. The number of Topliss-reactive ketones (excluding diaryl/α,β-unsaturated/α-hetero) is 1. The Morgan fingerprint density at radius 2 is 2.00 bits per heavy atom. The first-order valence-corrected chi connectivity index (χ1v) is 5.63. The second-order valence-electron chi connectivity index (χ2n) is 4.93. The fourth-order valence-corrected chi connectivity index (χ4v) is 3.29. The van der Waals surface area contributed by atoms with Gasteiger partial charge in [0, 0.05) is 24.4 Å². The van der Waals surface area contributed by atoms with E-state index in [1.807, 2.05) is 0 Å². The average molecular weight is 179 g/mol. The highest BCUT2D eigenvalue weighted by atomic mass is 16.1. The molecule has 0 aromatic carbocycles. The van der Waals surface area contributed by atoms with Gasteiger partial charge in [0.2, 0.25) is 0 Å². The van der Waals surface area contributed by atoms with Crippen molar-refractivity contribution in [3.63, 3.8) is 0 Å². The molecule has 3 aliphatic rings. The summed E-state index contributed by atoms with van der Waals surface area (Å²) in [6, 6.07) is 1.09. The Kier molecular flexibility index (Phi) is 1.72. The molecule has 0 aromatic rings. The minimum absolute atomic E-state index is 0.396. The first kappa shape index (κ1) is 7.98. The first-order valence-electron chi connectivity index (χ1n) is 5.63. The van der Waals surface area contributed by atoms with E-state index in [1.54, 1.807) is 0 Å². The lowest BCUT2D eigenvalue weighted by molar-refractivity contribution is -0.128. The molecule has 3 atom stereocenters. The molecular weight excluding hydrogens is 162 g/mol. The fourth-order valence-electron chi connectivity index (χ4n) is 3.29. The zero-order valence-corrected chi connectivity index (χ0v) is 7.96. The predicted octanol–water partition coefficient (Wildman–Crippen LogP) is 1.50. The van der Waals surface area contributed by atoms with E-state index >= 15 is 0 Å². The van der Waals surface area contributed by atoms with Gasteiger partial charge in [0.15, 0.2) is 0 Å². The first-order chi connectivity index (χ1) is 6.34. The van der Waals surface area contributed by atoms with Gasteiger partial charge in [-0.25, -0.2) is 0 Å². The number of ketones is 1. The Morgan fingerprint density at radius 1 is 1.15 bits per heavy atom. The number of hydrogen-bond acceptors (Lipinski definition) is 2. The zero-order chi connectivity index (χ0) is 8.84. The van der Waals surface area contributed by atoms with Crippen LogP contribution in [-0.4, -0.2) is 17.9 Å². The number of rotatable bonds is 1. The van der Waals surface area contributed by atoms with Gasteiger partial charge in [-0.1, -0.05) is 6.42 Å². The van der Waals surface area contributed by atoms with E-state index in [0.717, 1.165) is 12.3 Å². The molecule has 1 aliphatic carbocycles. The smallest absolute Gasteiger partial charge is 0.139 e. The topological polar surface area (TPSA) is 29.1 Å². The number of hydrogen-bond donors (Lipinski definition) is 1. The van der Waals surface area contributed by atoms with E-state index < -0.39 is 0 Å². The van der Waals surface area contributed by atoms with Crippen LogP contribution in [0.3, 0.4) is 0 Å². The molecular formula is C11H17NO. The van der Waals surface area contributed by atoms with E-state index in [0.29, 0.717) is 23.8 Å². The molecule has 2 bridgehead atoms. The standard InChI is InChI=1S/C11H17NO/c13-10-6-8-4-5-9(12-8)11(10)7-2-1-3-7/h7-9,11-12H,1-6H2. The summed E-state index contributed by atoms with van der Waals surface area (Å²) < 4.78 is 0. The van der Waals surface area contributed by atoms with Gasteiger partial charge >= 0.3 is 0 Å². The SMILES string of the molecule is O=C1CC2CCC(N2)C1C1CCC1. The van der Waals surface area contributed by atoms with Crippen molar-refractivity contribution >= 4 is 5.78 Å². The summed E-state index contributed by atoms with van der Waals surface area (Å²) in [4.78, 5) is 11.8. The van der Waals surface area contributed by atoms with Crippen molar-refractivity contribution in [3.05, 3.63) is 0 Å². The zero-order valence-electron chi connectivity index (χ0n) is 7.96. The molecule has 3 rings (SSSR count). The van der Waals surface area contributed by atoms with Crippen molar-refractivity contribution < 1.29 is 4.79 Å². The van der Waals surface area contributed by atoms with Crippen molar-refractivity contribution in [2.75, 3.05) is 0 Å². The number of carbonyl (C=O) groups excluding carboxylic acids is 1. The Balaban J connectivity index is 1.79. The summed E-state index contributed by atoms with van der Waals surface area (Å²) in [5, 5.41) is 3.60. The van der Waals surface area contributed by atoms with Crippen molar-refractivity contribution in [3.8, 4) is 0 Å². The molecule has 0 radical (unpaired) electrons. The maximum absolute atomic E-state index is 11.8. The van der Waals surface area contributed by atoms with Gasteiger partial charge in [-0.05, 0) is 31.6 Å². The van der Waals surface area contributed by atoms with E-state index in [2.05, 4.69) is 5.32 Å². The Hall–Kier alpha value is -0.370. The largest absolute Gasteiger partial charge is 0.310 e. The Labute approximate surface area is 79.1 Å². The minimum Gasteiger partial charge on any atom is -0.310 e. The van der Waals surface area contributed by atoms with Gasteiger partial charge in [-0.3, -0.25) is 4.79 Å². The quantitative estimate of drug-likeness (QED) is 0.661. The summed E-state index contributed by atoms with van der Waals surface area (Å²) in [6.07, 6.45) is 7.26. The second kappa shape index (κ2) is 2.81. The number of piperidine rings is 1. The molecule has 72 valence electrons. The van der Waals surface area contributed by atoms with Crippen molar-refractivity contribution in [1.82, 2.24) is 5.32 Å². The number of carbonyl (C=O) groups is 1. The van der Waals surface area contributed by atoms with Gasteiger partial charge in [0.05, 0.1) is 0 Å². The molecule has 3 fully saturated rings. The molecule has 1 N–H and O–H groups in total. The molecule has 2 saturated heterocycles. The third-order valence-electron chi connectivity index (χ3n) is 4.19. The molecule has 13 heavy (non-hydrogen) atoms. The molecule has 3 unspecified atom stereocenters. The lowest BCUT2D eigenvalue weighted by Crippen LogP contribution is -2.50. The fraction of sp³-hybridized carbons (Fsp3) is 0.909. The van der Waals surface area contributed by atoms with Gasteiger partial charge < -0.3 is 5.32 Å². The van der Waals surface area contributed by atoms with Crippen LogP contribution < -0.4 is 5.32 Å². The summed E-state index contributed by atoms with van der Waals surface area (Å²) in [5.74, 6) is 1.70. The summed E-state index contributed by atoms with van der Waals surface area (Å²) >= 11 is 0. The Bertz CT molecular complexity index is 234. The number of nitrogens with one attached hydrogen (secondary N) is 1. The van der Waals surface area contributed by atoms with Crippen molar-refractivity contribution in [2.24, 2.45) is 11.8 Å². The van der Waals surface area contributed by atoms with E-state index in [-0.39, 0.29) is 0 Å². The maximum Gasteiger partial charge on any atom is 0.139 e. The molecule has 2 nitrogen and oxygen atoms in total. The predicted molar refractivity (Wildman–Crippen MR) is 50.4 cm³/mol. The third-order valence-corrected chi connectivity index (χ3v) is 4.19. The van der Waals surface area contributed by atoms with Crippen molar-refractivity contribution in [1.29, 1.82) is 0 Å². The molecule has 0 amide bonds. The van der Waals surface area contributed by atoms with Crippen LogP contribution in [0.25, 0.3) is 0 Å². The average Bonchev–Trinajstić information content (AvgIpc) is 2.38. The highest BCUT2D eigenvalue weighted by Crippen LogP contribution is 2.41. The lowest BCUT2D eigenvalue weighted by atomic mass is 9.70. The third kappa shape index (κ3) is 1.15. The molecule has 2 aliphatic heterocycles. The van der Waals surface area contributed by atoms with Gasteiger partial charge in [-0.2, -0.15) is 0 Å². The lowest BCUT2D eigenvalue weighted by Gasteiger charge is -2.39. The summed E-state index contributed by atoms with van der Waals surface area (Å²) in [5.41, 5.74) is 0. The highest BCUT2D eigenvalue weighted by molar-refractivity contribution is 5.84. The van der Waals surface area contributed by atoms with Crippen LogP contribution in [0.5, 0.6) is 0 Å². The highest BCUT2D eigenvalue weighted by Gasteiger charge is 2.45. The van der Waals surface area contributed by atoms with E-state index in [4.69, 9.17) is 0 Å². The normalized spacial score (nSPS) is 44.9. The van der Waals surface area contributed by atoms with Crippen LogP contribution in [0, 0.1) is 11.8 Å². The minimum atomic E-state index is 0.396. The summed E-state index contributed by atoms with van der Waals surface area (Å²) in [7, 11) is 0. The van der Waals surface area contributed by atoms with Crippen LogP contribution >= 0.6 is 0 Å². The molecule has 0 aromatic heterocycles. The van der Waals surface area contributed by atoms with E-state index in [1.165, 1.54) is 32.1 Å². The molecule has 0 spiro atoms.